The van der Waals surface area contributed by atoms with Crippen molar-refractivity contribution in [3.8, 4) is 0 Å². The molecule has 0 spiro atoms. The van der Waals surface area contributed by atoms with E-state index >= 15 is 0 Å². The van der Waals surface area contributed by atoms with Crippen LogP contribution in [0.3, 0.4) is 0 Å². The largest absolute Gasteiger partial charge is 0.756 e. The first-order chi connectivity index (χ1) is 42.5. The molecule has 0 N–H and O–H groups in total. The number of phosphoric ester groups is 1. The van der Waals surface area contributed by atoms with Gasteiger partial charge in [0, 0.05) is 12.8 Å². The van der Waals surface area contributed by atoms with Crippen LogP contribution in [0.1, 0.15) is 341 Å². The van der Waals surface area contributed by atoms with Gasteiger partial charge in [0.25, 0.3) is 7.82 Å². The van der Waals surface area contributed by atoms with Crippen molar-refractivity contribution in [3.05, 3.63) is 85.1 Å². The van der Waals surface area contributed by atoms with Gasteiger partial charge < -0.3 is 27.9 Å². The van der Waals surface area contributed by atoms with Gasteiger partial charge in [0.2, 0.25) is 0 Å². The Morgan fingerprint density at radius 2 is 0.655 bits per heavy atom. The van der Waals surface area contributed by atoms with Crippen LogP contribution in [-0.4, -0.2) is 70.0 Å². The summed E-state index contributed by atoms with van der Waals surface area (Å²) in [6.07, 6.45) is 92.5. The number of ether oxygens (including phenoxy) is 2. The molecule has 0 aromatic carbocycles. The van der Waals surface area contributed by atoms with E-state index in [1.807, 2.05) is 21.1 Å². The number of carbonyl (C=O) groups is 2. The highest BCUT2D eigenvalue weighted by molar-refractivity contribution is 7.45. The van der Waals surface area contributed by atoms with Gasteiger partial charge in [0.1, 0.15) is 19.8 Å². The molecule has 0 amide bonds. The highest BCUT2D eigenvalue weighted by Gasteiger charge is 2.22. The summed E-state index contributed by atoms with van der Waals surface area (Å²) in [5.41, 5.74) is 0. The van der Waals surface area contributed by atoms with Crippen LogP contribution >= 0.6 is 7.82 Å². The third-order valence-electron chi connectivity index (χ3n) is 16.2. The van der Waals surface area contributed by atoms with Gasteiger partial charge >= 0.3 is 11.9 Å². The summed E-state index contributed by atoms with van der Waals surface area (Å²) in [5.74, 6) is -0.815. The van der Waals surface area contributed by atoms with Crippen LogP contribution in [0.2, 0.25) is 0 Å². The Kier molecular flexibility index (Phi) is 65.4. The number of allylic oxidation sites excluding steroid dienone is 14. The number of rotatable bonds is 68. The molecule has 0 saturated heterocycles. The van der Waals surface area contributed by atoms with Crippen LogP contribution < -0.4 is 4.89 Å². The fourth-order valence-electron chi connectivity index (χ4n) is 10.6. The maximum Gasteiger partial charge on any atom is 0.306 e. The molecule has 2 atom stereocenters. The number of likely N-dealkylation sites (N-methyl/N-ethyl adjacent to an activating group) is 1. The van der Waals surface area contributed by atoms with Crippen molar-refractivity contribution in [2.24, 2.45) is 0 Å². The van der Waals surface area contributed by atoms with Gasteiger partial charge in [-0.1, -0.05) is 343 Å². The van der Waals surface area contributed by atoms with E-state index in [1.165, 1.54) is 225 Å². The van der Waals surface area contributed by atoms with Crippen LogP contribution in [0.25, 0.3) is 0 Å². The predicted octanol–water partition coefficient (Wildman–Crippen LogP) is 23.5. The van der Waals surface area contributed by atoms with Crippen LogP contribution in [0.4, 0.5) is 0 Å². The number of hydrogen-bond acceptors (Lipinski definition) is 8. The summed E-state index contributed by atoms with van der Waals surface area (Å²) in [4.78, 5) is 38.1. The molecular weight excluding hydrogens is 1100 g/mol. The van der Waals surface area contributed by atoms with E-state index in [2.05, 4.69) is 98.9 Å². The predicted molar refractivity (Wildman–Crippen MR) is 374 cm³/mol. The molecule has 506 valence electrons. The number of nitrogens with zero attached hydrogens (tertiary/aromatic N) is 1. The summed E-state index contributed by atoms with van der Waals surface area (Å²) >= 11 is 0. The quantitative estimate of drug-likeness (QED) is 0.0195. The van der Waals surface area contributed by atoms with Crippen molar-refractivity contribution in [2.45, 2.75) is 347 Å². The molecule has 0 radical (unpaired) electrons. The summed E-state index contributed by atoms with van der Waals surface area (Å²) in [5, 5.41) is 0. The lowest BCUT2D eigenvalue weighted by Crippen LogP contribution is -2.37. The van der Waals surface area contributed by atoms with Gasteiger partial charge in [0.05, 0.1) is 27.7 Å². The van der Waals surface area contributed by atoms with Crippen molar-refractivity contribution in [1.29, 1.82) is 0 Å². The standard InChI is InChI=1S/C77H140NO8P/c1-6-8-10-12-14-16-18-20-22-24-26-28-30-31-32-33-34-35-36-37-38-39-40-41-42-43-44-45-46-47-48-50-52-54-56-58-60-62-64-66-68-70-77(80)86-75(74-85-87(81,82)84-72-71-78(3,4)5)73-83-76(79)69-67-65-63-61-59-57-55-53-51-49-29-27-25-23-21-19-17-15-13-11-9-7-2/h8,10,14,16,20,22,26,28,31-32,34-35,37-38,75H,6-7,9,11-13,15,17-19,21,23-25,27,29-30,33,36,39-74H2,1-5H3/b10-8-,16-14-,22-20-,28-26-,32-31-,35-34-,38-37-. The van der Waals surface area contributed by atoms with Gasteiger partial charge in [-0.2, -0.15) is 0 Å². The van der Waals surface area contributed by atoms with Crippen molar-refractivity contribution in [1.82, 2.24) is 0 Å². The smallest absolute Gasteiger partial charge is 0.306 e. The monoisotopic (exact) mass is 1240 g/mol. The average Bonchev–Trinajstić information content (AvgIpc) is 3.50. The Morgan fingerprint density at radius 3 is 0.977 bits per heavy atom. The minimum Gasteiger partial charge on any atom is -0.756 e. The first-order valence-corrected chi connectivity index (χ1v) is 38.3. The van der Waals surface area contributed by atoms with E-state index in [1.54, 1.807) is 0 Å². The normalized spacial score (nSPS) is 13.6. The van der Waals surface area contributed by atoms with Crippen molar-refractivity contribution < 1.29 is 42.1 Å². The Hall–Kier alpha value is -2.81. The zero-order chi connectivity index (χ0) is 63.4. The number of quaternary nitrogens is 1. The lowest BCUT2D eigenvalue weighted by Gasteiger charge is -2.28. The minimum absolute atomic E-state index is 0.0296. The number of carbonyl (C=O) groups excluding carboxylic acids is 2. The Morgan fingerprint density at radius 1 is 0.368 bits per heavy atom. The molecule has 10 heteroatoms. The van der Waals surface area contributed by atoms with E-state index in [0.29, 0.717) is 17.4 Å². The fourth-order valence-corrected chi connectivity index (χ4v) is 11.3. The van der Waals surface area contributed by atoms with Crippen molar-refractivity contribution in [3.63, 3.8) is 0 Å². The third kappa shape index (κ3) is 72.1. The van der Waals surface area contributed by atoms with Gasteiger partial charge in [-0.15, -0.1) is 0 Å². The fraction of sp³-hybridized carbons (Fsp3) is 0.792. The lowest BCUT2D eigenvalue weighted by atomic mass is 10.0. The maximum absolute atomic E-state index is 12.9. The summed E-state index contributed by atoms with van der Waals surface area (Å²) in [6, 6.07) is 0. The van der Waals surface area contributed by atoms with E-state index in [0.717, 1.165) is 83.5 Å². The molecule has 0 aromatic heterocycles. The van der Waals surface area contributed by atoms with E-state index in [-0.39, 0.29) is 32.0 Å². The number of phosphoric acid groups is 1. The van der Waals surface area contributed by atoms with E-state index < -0.39 is 26.5 Å². The van der Waals surface area contributed by atoms with Crippen molar-refractivity contribution >= 4 is 19.8 Å². The third-order valence-corrected chi connectivity index (χ3v) is 17.1. The van der Waals surface area contributed by atoms with Crippen LogP contribution in [0, 0.1) is 0 Å². The molecular formula is C77H140NO8P. The number of esters is 2. The van der Waals surface area contributed by atoms with Crippen LogP contribution in [0.5, 0.6) is 0 Å². The topological polar surface area (TPSA) is 111 Å². The first kappa shape index (κ1) is 84.2. The highest BCUT2D eigenvalue weighted by Crippen LogP contribution is 2.38. The number of unbranched alkanes of at least 4 members (excludes halogenated alkanes) is 40. The van der Waals surface area contributed by atoms with Gasteiger partial charge in [0.15, 0.2) is 6.10 Å². The van der Waals surface area contributed by atoms with Crippen molar-refractivity contribution in [2.75, 3.05) is 47.5 Å². The van der Waals surface area contributed by atoms with Crippen LogP contribution in [-0.2, 0) is 32.7 Å². The summed E-state index contributed by atoms with van der Waals surface area (Å²) < 4.78 is 34.3. The summed E-state index contributed by atoms with van der Waals surface area (Å²) in [7, 11) is 1.18. The molecule has 0 aliphatic heterocycles. The second kappa shape index (κ2) is 67.6. The molecule has 87 heavy (non-hydrogen) atoms. The highest BCUT2D eigenvalue weighted by atomic mass is 31.2. The second-order valence-electron chi connectivity index (χ2n) is 25.9. The molecule has 0 saturated carbocycles. The zero-order valence-corrected chi connectivity index (χ0v) is 58.6. The van der Waals surface area contributed by atoms with Gasteiger partial charge in [-0.25, -0.2) is 0 Å². The molecule has 9 nitrogen and oxygen atoms in total. The second-order valence-corrected chi connectivity index (χ2v) is 27.3. The average molecular weight is 1240 g/mol. The Labute approximate surface area is 539 Å². The SMILES string of the molecule is CC/C=C\C/C=C\C/C=C\C/C=C\C/C=C\C/C=C\C/C=C\CCCCCCCCCCCCCCCCCCCCCC(=O)OC(COC(=O)CCCCCCCCCCCCCCCCCCCCCCCC)COP(=O)([O-])OCC[N+](C)(C)C. The van der Waals surface area contributed by atoms with Gasteiger partial charge in [-0.05, 0) is 70.6 Å². The first-order valence-electron chi connectivity index (χ1n) is 36.8. The minimum atomic E-state index is -4.64. The molecule has 0 aliphatic carbocycles. The molecule has 0 aromatic rings. The molecule has 0 heterocycles. The Balaban J connectivity index is 3.95. The molecule has 0 bridgehead atoms. The van der Waals surface area contributed by atoms with Crippen LogP contribution in [0.15, 0.2) is 85.1 Å². The van der Waals surface area contributed by atoms with E-state index in [4.69, 9.17) is 18.5 Å². The summed E-state index contributed by atoms with van der Waals surface area (Å²) in [6.45, 7) is 4.18. The molecule has 2 unspecified atom stereocenters. The zero-order valence-electron chi connectivity index (χ0n) is 57.7. The maximum atomic E-state index is 12.9. The lowest BCUT2D eigenvalue weighted by molar-refractivity contribution is -0.870. The Bertz CT molecular complexity index is 1740. The number of hydrogen-bond donors (Lipinski definition) is 0. The van der Waals surface area contributed by atoms with E-state index in [9.17, 15) is 19.0 Å². The molecule has 0 rings (SSSR count). The molecule has 0 aliphatic rings. The molecule has 0 fully saturated rings. The van der Waals surface area contributed by atoms with Gasteiger partial charge in [-0.3, -0.25) is 14.2 Å².